The number of ether oxygens (including phenoxy) is 1. The molecule has 0 aliphatic carbocycles. The third-order valence-electron chi connectivity index (χ3n) is 5.18. The zero-order chi connectivity index (χ0) is 20.8. The summed E-state index contributed by atoms with van der Waals surface area (Å²) >= 11 is 0. The molecule has 0 spiro atoms. The van der Waals surface area contributed by atoms with Gasteiger partial charge in [0.1, 0.15) is 17.3 Å². The van der Waals surface area contributed by atoms with E-state index in [1.54, 1.807) is 18.5 Å². The molecule has 1 aliphatic rings. The fourth-order valence-electron chi connectivity index (χ4n) is 3.72. The second-order valence-electron chi connectivity index (χ2n) is 7.42. The van der Waals surface area contributed by atoms with Gasteiger partial charge < -0.3 is 10.1 Å². The smallest absolute Gasteiger partial charge is 0.241 e. The van der Waals surface area contributed by atoms with Crippen LogP contribution in [0.4, 0.5) is 10.1 Å². The van der Waals surface area contributed by atoms with Gasteiger partial charge in [-0.05, 0) is 73.5 Å². The minimum absolute atomic E-state index is 0.0352. The van der Waals surface area contributed by atoms with E-state index in [9.17, 15) is 9.18 Å². The summed E-state index contributed by atoms with van der Waals surface area (Å²) in [7, 11) is 0. The Hall–Kier alpha value is -3.25. The zero-order valence-corrected chi connectivity index (χ0v) is 16.6. The first-order valence-corrected chi connectivity index (χ1v) is 10.1. The molecule has 1 saturated heterocycles. The van der Waals surface area contributed by atoms with Crippen LogP contribution in [0.25, 0.3) is 0 Å². The van der Waals surface area contributed by atoms with E-state index >= 15 is 0 Å². The molecule has 30 heavy (non-hydrogen) atoms. The normalized spacial score (nSPS) is 16.8. The maximum Gasteiger partial charge on any atom is 0.241 e. The molecular formula is C24H24FN3O2. The van der Waals surface area contributed by atoms with Crippen LogP contribution >= 0.6 is 0 Å². The Labute approximate surface area is 175 Å². The predicted molar refractivity (Wildman–Crippen MR) is 114 cm³/mol. The maximum absolute atomic E-state index is 13.5. The number of piperidine rings is 1. The molecule has 1 atom stereocenters. The van der Waals surface area contributed by atoms with Crippen LogP contribution < -0.4 is 10.1 Å². The molecule has 0 radical (unpaired) electrons. The molecule has 2 aromatic carbocycles. The lowest BCUT2D eigenvalue weighted by Crippen LogP contribution is -2.46. The average Bonchev–Trinajstić information content (AvgIpc) is 2.76. The fraction of sp³-hybridized carbons (Fsp3) is 0.250. The number of nitrogens with zero attached hydrogens (tertiary/aromatic N) is 2. The Bertz CT molecular complexity index is 979. The van der Waals surface area contributed by atoms with E-state index < -0.39 is 0 Å². The van der Waals surface area contributed by atoms with Gasteiger partial charge in [0, 0.05) is 18.4 Å². The predicted octanol–water partition coefficient (Wildman–Crippen LogP) is 5.01. The molecule has 1 N–H and O–H groups in total. The minimum Gasteiger partial charge on any atom is -0.456 e. The minimum atomic E-state index is -0.251. The third kappa shape index (κ3) is 5.21. The van der Waals surface area contributed by atoms with Gasteiger partial charge in [-0.2, -0.15) is 0 Å². The molecule has 6 heteroatoms. The summed E-state index contributed by atoms with van der Waals surface area (Å²) in [4.78, 5) is 19.1. The van der Waals surface area contributed by atoms with E-state index in [2.05, 4.69) is 15.2 Å². The summed E-state index contributed by atoms with van der Waals surface area (Å²) in [6.07, 6.45) is 6.18. The Morgan fingerprint density at radius 2 is 1.97 bits per heavy atom. The summed E-state index contributed by atoms with van der Waals surface area (Å²) in [6, 6.07) is 17.3. The maximum atomic E-state index is 13.5. The molecule has 5 nitrogen and oxygen atoms in total. The van der Waals surface area contributed by atoms with Crippen molar-refractivity contribution >= 4 is 11.6 Å². The number of likely N-dealkylation sites (tertiary alicyclic amines) is 1. The van der Waals surface area contributed by atoms with Gasteiger partial charge in [0.2, 0.25) is 5.91 Å². The largest absolute Gasteiger partial charge is 0.456 e. The zero-order valence-electron chi connectivity index (χ0n) is 16.6. The monoisotopic (exact) mass is 405 g/mol. The molecule has 0 unspecified atom stereocenters. The number of aromatic nitrogens is 1. The van der Waals surface area contributed by atoms with E-state index in [4.69, 9.17) is 4.74 Å². The van der Waals surface area contributed by atoms with Crippen molar-refractivity contribution in [2.24, 2.45) is 0 Å². The van der Waals surface area contributed by atoms with Gasteiger partial charge in [0.25, 0.3) is 0 Å². The van der Waals surface area contributed by atoms with Crippen molar-refractivity contribution in [1.82, 2.24) is 9.88 Å². The Morgan fingerprint density at radius 1 is 1.10 bits per heavy atom. The van der Waals surface area contributed by atoms with Crippen molar-refractivity contribution in [2.45, 2.75) is 31.8 Å². The van der Waals surface area contributed by atoms with Crippen LogP contribution in [0.1, 0.15) is 24.8 Å². The molecule has 3 aromatic rings. The van der Waals surface area contributed by atoms with Gasteiger partial charge in [-0.15, -0.1) is 0 Å². The van der Waals surface area contributed by atoms with Gasteiger partial charge in [-0.25, -0.2) is 4.39 Å². The van der Waals surface area contributed by atoms with Crippen LogP contribution in [-0.4, -0.2) is 28.4 Å². The molecule has 1 amide bonds. The first-order chi connectivity index (χ1) is 14.7. The van der Waals surface area contributed by atoms with E-state index in [0.29, 0.717) is 18.0 Å². The van der Waals surface area contributed by atoms with Gasteiger partial charge in [0.05, 0.1) is 12.2 Å². The molecule has 4 rings (SSSR count). The highest BCUT2D eigenvalue weighted by molar-refractivity contribution is 5.94. The van der Waals surface area contributed by atoms with Crippen molar-refractivity contribution in [3.05, 3.63) is 84.4 Å². The van der Waals surface area contributed by atoms with E-state index in [0.717, 1.165) is 37.1 Å². The number of anilines is 1. The van der Waals surface area contributed by atoms with E-state index in [1.807, 2.05) is 42.5 Å². The van der Waals surface area contributed by atoms with E-state index in [-0.39, 0.29) is 17.8 Å². The Kier molecular flexibility index (Phi) is 6.35. The number of nitrogens with one attached hydrogen (secondary N) is 1. The molecular weight excluding hydrogens is 381 g/mol. The number of carbonyl (C=O) groups is 1. The molecule has 0 bridgehead atoms. The van der Waals surface area contributed by atoms with Gasteiger partial charge in [-0.3, -0.25) is 14.7 Å². The third-order valence-corrected chi connectivity index (χ3v) is 5.18. The summed E-state index contributed by atoms with van der Waals surface area (Å²) < 4.78 is 19.3. The Morgan fingerprint density at radius 3 is 2.73 bits per heavy atom. The molecule has 0 saturated carbocycles. The first kappa shape index (κ1) is 20.0. The standard InChI is InChI=1S/C24H24FN3O2/c25-19-6-3-5-18(15-19)17-28-14-2-1-8-23(28)24(29)27-20-9-11-21(12-10-20)30-22-7-4-13-26-16-22/h3-7,9-13,15-16,23H,1-2,8,14,17H2,(H,27,29)/t23-/m1/s1. The SMILES string of the molecule is O=C(Nc1ccc(Oc2cccnc2)cc1)[C@H]1CCCCN1Cc1cccc(F)c1. The highest BCUT2D eigenvalue weighted by atomic mass is 19.1. The van der Waals surface area contributed by atoms with Gasteiger partial charge in [0.15, 0.2) is 0 Å². The summed E-state index contributed by atoms with van der Waals surface area (Å²) in [6.45, 7) is 1.39. The fourth-order valence-corrected chi connectivity index (χ4v) is 3.72. The Balaban J connectivity index is 1.39. The highest BCUT2D eigenvalue weighted by Crippen LogP contribution is 2.24. The molecule has 1 fully saturated rings. The van der Waals surface area contributed by atoms with Crippen molar-refractivity contribution in [1.29, 1.82) is 0 Å². The van der Waals surface area contributed by atoms with E-state index in [1.165, 1.54) is 12.1 Å². The second kappa shape index (κ2) is 9.50. The lowest BCUT2D eigenvalue weighted by atomic mass is 10.00. The number of hydrogen-bond donors (Lipinski definition) is 1. The van der Waals surface area contributed by atoms with Crippen LogP contribution in [-0.2, 0) is 11.3 Å². The number of benzene rings is 2. The lowest BCUT2D eigenvalue weighted by Gasteiger charge is -2.34. The quantitative estimate of drug-likeness (QED) is 0.627. The van der Waals surface area contributed by atoms with Crippen LogP contribution in [0.3, 0.4) is 0 Å². The average molecular weight is 405 g/mol. The number of pyridine rings is 1. The topological polar surface area (TPSA) is 54.5 Å². The highest BCUT2D eigenvalue weighted by Gasteiger charge is 2.28. The molecule has 1 aromatic heterocycles. The molecule has 1 aliphatic heterocycles. The van der Waals surface area contributed by atoms with Crippen LogP contribution in [0.2, 0.25) is 0 Å². The van der Waals surface area contributed by atoms with Crippen molar-refractivity contribution in [3.8, 4) is 11.5 Å². The van der Waals surface area contributed by atoms with Gasteiger partial charge >= 0.3 is 0 Å². The summed E-state index contributed by atoms with van der Waals surface area (Å²) in [5.74, 6) is 1.04. The van der Waals surface area contributed by atoms with Crippen LogP contribution in [0, 0.1) is 5.82 Å². The van der Waals surface area contributed by atoms with Crippen molar-refractivity contribution in [3.63, 3.8) is 0 Å². The van der Waals surface area contributed by atoms with Crippen molar-refractivity contribution < 1.29 is 13.9 Å². The number of amides is 1. The van der Waals surface area contributed by atoms with Crippen LogP contribution in [0.15, 0.2) is 73.1 Å². The number of carbonyl (C=O) groups excluding carboxylic acids is 1. The van der Waals surface area contributed by atoms with Crippen LogP contribution in [0.5, 0.6) is 11.5 Å². The van der Waals surface area contributed by atoms with Crippen molar-refractivity contribution in [2.75, 3.05) is 11.9 Å². The molecule has 154 valence electrons. The summed E-state index contributed by atoms with van der Waals surface area (Å²) in [5, 5.41) is 3.01. The first-order valence-electron chi connectivity index (χ1n) is 10.1. The second-order valence-corrected chi connectivity index (χ2v) is 7.42. The number of rotatable bonds is 6. The number of hydrogen-bond acceptors (Lipinski definition) is 4. The number of halogens is 1. The molecule has 2 heterocycles. The summed E-state index contributed by atoms with van der Waals surface area (Å²) in [5.41, 5.74) is 1.60. The van der Waals surface area contributed by atoms with Gasteiger partial charge in [-0.1, -0.05) is 18.6 Å². The lowest BCUT2D eigenvalue weighted by molar-refractivity contribution is -0.122.